The van der Waals surface area contributed by atoms with E-state index >= 15 is 0 Å². The van der Waals surface area contributed by atoms with E-state index in [1.54, 1.807) is 0 Å². The van der Waals surface area contributed by atoms with Gasteiger partial charge in [-0.15, -0.1) is 0 Å². The zero-order valence-corrected chi connectivity index (χ0v) is 8.52. The molecule has 1 aliphatic heterocycles. The van der Waals surface area contributed by atoms with Crippen LogP contribution in [-0.2, 0) is 9.47 Å². The SMILES string of the molecule is CCC(C)(C)C1OC1OCC(F)(F)F. The molecule has 1 saturated heterocycles. The average molecular weight is 212 g/mol. The lowest BCUT2D eigenvalue weighted by atomic mass is 9.86. The fraction of sp³-hybridized carbons (Fsp3) is 1.00. The zero-order chi connectivity index (χ0) is 11.0. The maximum atomic E-state index is 11.8. The van der Waals surface area contributed by atoms with Crippen LogP contribution in [0.5, 0.6) is 0 Å². The number of hydrogen-bond donors (Lipinski definition) is 0. The largest absolute Gasteiger partial charge is 0.411 e. The van der Waals surface area contributed by atoms with Crippen LogP contribution in [0.3, 0.4) is 0 Å². The van der Waals surface area contributed by atoms with E-state index in [-0.39, 0.29) is 11.5 Å². The fourth-order valence-electron chi connectivity index (χ4n) is 1.16. The standard InChI is InChI=1S/C9H15F3O2/c1-4-8(2,3)6-7(14-6)13-5-9(10,11)12/h6-7H,4-5H2,1-3H3. The van der Waals surface area contributed by atoms with Crippen LogP contribution in [0.1, 0.15) is 27.2 Å². The van der Waals surface area contributed by atoms with Gasteiger partial charge >= 0.3 is 6.18 Å². The van der Waals surface area contributed by atoms with E-state index in [1.807, 2.05) is 20.8 Å². The molecule has 0 spiro atoms. The van der Waals surface area contributed by atoms with E-state index in [9.17, 15) is 13.2 Å². The van der Waals surface area contributed by atoms with Crippen molar-refractivity contribution < 1.29 is 22.6 Å². The molecule has 2 unspecified atom stereocenters. The molecule has 1 heterocycles. The second-order valence-corrected chi connectivity index (χ2v) is 4.19. The summed E-state index contributed by atoms with van der Waals surface area (Å²) in [7, 11) is 0. The highest BCUT2D eigenvalue weighted by atomic mass is 19.4. The Morgan fingerprint density at radius 3 is 2.29 bits per heavy atom. The van der Waals surface area contributed by atoms with Crippen LogP contribution in [0.2, 0.25) is 0 Å². The molecule has 84 valence electrons. The highest BCUT2D eigenvalue weighted by molar-refractivity contribution is 4.90. The average Bonchev–Trinajstić information content (AvgIpc) is 2.79. The van der Waals surface area contributed by atoms with Gasteiger partial charge in [0.05, 0.1) is 0 Å². The predicted molar refractivity (Wildman–Crippen MR) is 44.7 cm³/mol. The van der Waals surface area contributed by atoms with E-state index < -0.39 is 19.1 Å². The molecule has 2 atom stereocenters. The van der Waals surface area contributed by atoms with Crippen LogP contribution in [0.15, 0.2) is 0 Å². The van der Waals surface area contributed by atoms with Crippen molar-refractivity contribution in [3.8, 4) is 0 Å². The van der Waals surface area contributed by atoms with E-state index in [4.69, 9.17) is 4.74 Å². The van der Waals surface area contributed by atoms with Crippen molar-refractivity contribution in [2.45, 2.75) is 45.8 Å². The summed E-state index contributed by atoms with van der Waals surface area (Å²) in [5.41, 5.74) is -0.115. The first-order chi connectivity index (χ1) is 6.26. The Balaban J connectivity index is 2.27. The highest BCUT2D eigenvalue weighted by Crippen LogP contribution is 2.41. The van der Waals surface area contributed by atoms with Gasteiger partial charge in [0.15, 0.2) is 6.29 Å². The van der Waals surface area contributed by atoms with Crippen LogP contribution < -0.4 is 0 Å². The summed E-state index contributed by atoms with van der Waals surface area (Å²) in [5, 5.41) is 0. The topological polar surface area (TPSA) is 21.8 Å². The van der Waals surface area contributed by atoms with Gasteiger partial charge in [-0.1, -0.05) is 20.8 Å². The van der Waals surface area contributed by atoms with Crippen molar-refractivity contribution in [1.82, 2.24) is 0 Å². The zero-order valence-electron chi connectivity index (χ0n) is 8.52. The van der Waals surface area contributed by atoms with Gasteiger partial charge in [0.2, 0.25) is 0 Å². The predicted octanol–water partition coefficient (Wildman–Crippen LogP) is 2.73. The molecule has 1 aliphatic rings. The first-order valence-electron chi connectivity index (χ1n) is 4.60. The van der Waals surface area contributed by atoms with Gasteiger partial charge in [-0.05, 0) is 11.8 Å². The Kier molecular flexibility index (Phi) is 3.11. The molecule has 5 heteroatoms. The van der Waals surface area contributed by atoms with Gasteiger partial charge < -0.3 is 9.47 Å². The van der Waals surface area contributed by atoms with Gasteiger partial charge in [-0.3, -0.25) is 0 Å². The molecule has 1 fully saturated rings. The van der Waals surface area contributed by atoms with Crippen molar-refractivity contribution >= 4 is 0 Å². The molecule has 0 aromatic heterocycles. The Bertz CT molecular complexity index is 201. The summed E-state index contributed by atoms with van der Waals surface area (Å²) in [6, 6.07) is 0. The lowest BCUT2D eigenvalue weighted by molar-refractivity contribution is -0.184. The number of hydrogen-bond acceptors (Lipinski definition) is 2. The Hall–Kier alpha value is -0.290. The van der Waals surface area contributed by atoms with Crippen molar-refractivity contribution in [1.29, 1.82) is 0 Å². The van der Waals surface area contributed by atoms with Gasteiger partial charge in [0, 0.05) is 0 Å². The fourth-order valence-corrected chi connectivity index (χ4v) is 1.16. The van der Waals surface area contributed by atoms with Crippen molar-refractivity contribution in [2.75, 3.05) is 6.61 Å². The van der Waals surface area contributed by atoms with Gasteiger partial charge in [-0.2, -0.15) is 13.2 Å². The summed E-state index contributed by atoms with van der Waals surface area (Å²) in [6.07, 6.45) is -4.29. The minimum atomic E-state index is -4.27. The van der Waals surface area contributed by atoms with Gasteiger partial charge in [0.25, 0.3) is 0 Å². The maximum absolute atomic E-state index is 11.8. The minimum absolute atomic E-state index is 0.115. The minimum Gasteiger partial charge on any atom is -0.341 e. The smallest absolute Gasteiger partial charge is 0.341 e. The van der Waals surface area contributed by atoms with E-state index in [1.165, 1.54) is 0 Å². The molecular weight excluding hydrogens is 197 g/mol. The lowest BCUT2D eigenvalue weighted by Gasteiger charge is -2.19. The van der Waals surface area contributed by atoms with Crippen LogP contribution in [0.25, 0.3) is 0 Å². The second-order valence-electron chi connectivity index (χ2n) is 4.19. The Morgan fingerprint density at radius 1 is 1.29 bits per heavy atom. The third kappa shape index (κ3) is 3.13. The number of ether oxygens (including phenoxy) is 2. The molecule has 0 radical (unpaired) electrons. The van der Waals surface area contributed by atoms with Crippen molar-refractivity contribution in [2.24, 2.45) is 5.41 Å². The highest BCUT2D eigenvalue weighted by Gasteiger charge is 2.51. The summed E-state index contributed by atoms with van der Waals surface area (Å²) in [5.74, 6) is 0. The van der Waals surface area contributed by atoms with Gasteiger partial charge in [-0.25, -0.2) is 0 Å². The molecule has 0 N–H and O–H groups in total. The van der Waals surface area contributed by atoms with Crippen molar-refractivity contribution in [3.05, 3.63) is 0 Å². The van der Waals surface area contributed by atoms with E-state index in [0.717, 1.165) is 6.42 Å². The molecular formula is C9H15F3O2. The first kappa shape index (κ1) is 11.8. The molecule has 0 aromatic carbocycles. The Labute approximate surface area is 81.4 Å². The van der Waals surface area contributed by atoms with Crippen LogP contribution in [0, 0.1) is 5.41 Å². The first-order valence-corrected chi connectivity index (χ1v) is 4.60. The third-order valence-corrected chi connectivity index (χ3v) is 2.54. The molecule has 2 nitrogen and oxygen atoms in total. The molecule has 0 amide bonds. The molecule has 1 rings (SSSR count). The van der Waals surface area contributed by atoms with Crippen LogP contribution in [-0.4, -0.2) is 25.2 Å². The number of halogens is 3. The molecule has 0 aliphatic carbocycles. The van der Waals surface area contributed by atoms with E-state index in [2.05, 4.69) is 4.74 Å². The number of rotatable bonds is 4. The van der Waals surface area contributed by atoms with Crippen LogP contribution in [0.4, 0.5) is 13.2 Å². The molecule has 0 saturated carbocycles. The third-order valence-electron chi connectivity index (χ3n) is 2.54. The maximum Gasteiger partial charge on any atom is 0.411 e. The normalized spacial score (nSPS) is 27.9. The quantitative estimate of drug-likeness (QED) is 0.668. The van der Waals surface area contributed by atoms with E-state index in [0.29, 0.717) is 0 Å². The summed E-state index contributed by atoms with van der Waals surface area (Å²) < 4.78 is 44.9. The number of epoxide rings is 1. The van der Waals surface area contributed by atoms with Gasteiger partial charge in [0.1, 0.15) is 12.7 Å². The molecule has 0 aromatic rings. The lowest BCUT2D eigenvalue weighted by Crippen LogP contribution is -2.24. The summed E-state index contributed by atoms with van der Waals surface area (Å²) in [6.45, 7) is 4.65. The molecule has 0 bridgehead atoms. The second kappa shape index (κ2) is 3.70. The van der Waals surface area contributed by atoms with Crippen molar-refractivity contribution in [3.63, 3.8) is 0 Å². The Morgan fingerprint density at radius 2 is 1.86 bits per heavy atom. The molecule has 14 heavy (non-hydrogen) atoms. The van der Waals surface area contributed by atoms with Crippen LogP contribution >= 0.6 is 0 Å². The summed E-state index contributed by atoms with van der Waals surface area (Å²) >= 11 is 0. The number of alkyl halides is 3. The monoisotopic (exact) mass is 212 g/mol. The summed E-state index contributed by atoms with van der Waals surface area (Å²) in [4.78, 5) is 0.